The van der Waals surface area contributed by atoms with Gasteiger partial charge >= 0.3 is 0 Å². The van der Waals surface area contributed by atoms with E-state index < -0.39 is 0 Å². The van der Waals surface area contributed by atoms with E-state index in [0.717, 1.165) is 18.0 Å². The molecule has 0 amide bonds. The Morgan fingerprint density at radius 1 is 0.950 bits per heavy atom. The van der Waals surface area contributed by atoms with Crippen LogP contribution in [0.4, 0.5) is 0 Å². The Balaban J connectivity index is 1.64. The van der Waals surface area contributed by atoms with Gasteiger partial charge in [0.1, 0.15) is 0 Å². The normalized spacial score (nSPS) is 24.1. The molecule has 2 heteroatoms. The van der Waals surface area contributed by atoms with Gasteiger partial charge in [0.25, 0.3) is 0 Å². The maximum absolute atomic E-state index is 3.61. The summed E-state index contributed by atoms with van der Waals surface area (Å²) in [6, 6.07) is 1.65. The molecule has 1 atom stereocenters. The Labute approximate surface area is 126 Å². The average molecular weight is 280 g/mol. The molecule has 118 valence electrons. The summed E-state index contributed by atoms with van der Waals surface area (Å²) in [5, 5.41) is 3.61. The molecule has 2 rings (SSSR count). The third-order valence-corrected chi connectivity index (χ3v) is 5.81. The van der Waals surface area contributed by atoms with Gasteiger partial charge in [0.05, 0.1) is 0 Å². The van der Waals surface area contributed by atoms with Gasteiger partial charge in [-0.25, -0.2) is 0 Å². The highest BCUT2D eigenvalue weighted by Gasteiger charge is 2.23. The fraction of sp³-hybridized carbons (Fsp3) is 1.00. The standard InChI is InChI=1S/C18H36N2/c1-19-18(16-10-5-3-6-11-16)14-9-15-20(2)17-12-7-4-8-13-17/h16-19H,3-15H2,1-2H3. The highest BCUT2D eigenvalue weighted by molar-refractivity contribution is 4.79. The molecule has 0 saturated heterocycles. The van der Waals surface area contributed by atoms with Crippen LogP contribution in [0.25, 0.3) is 0 Å². The second-order valence-corrected chi connectivity index (χ2v) is 7.21. The fourth-order valence-electron chi connectivity index (χ4n) is 4.42. The molecule has 0 spiro atoms. The number of hydrogen-bond acceptors (Lipinski definition) is 2. The minimum absolute atomic E-state index is 0.773. The lowest BCUT2D eigenvalue weighted by molar-refractivity contribution is 0.181. The van der Waals surface area contributed by atoms with Crippen molar-refractivity contribution in [1.82, 2.24) is 10.2 Å². The Hall–Kier alpha value is -0.0800. The van der Waals surface area contributed by atoms with E-state index in [1.165, 1.54) is 83.6 Å². The van der Waals surface area contributed by atoms with E-state index in [4.69, 9.17) is 0 Å². The molecule has 0 heterocycles. The van der Waals surface area contributed by atoms with E-state index in [0.29, 0.717) is 0 Å². The van der Waals surface area contributed by atoms with Crippen molar-refractivity contribution >= 4 is 0 Å². The smallest absolute Gasteiger partial charge is 0.00928 e. The maximum Gasteiger partial charge on any atom is 0.00928 e. The van der Waals surface area contributed by atoms with Crippen molar-refractivity contribution in [2.45, 2.75) is 89.1 Å². The summed E-state index contributed by atoms with van der Waals surface area (Å²) in [5.41, 5.74) is 0. The monoisotopic (exact) mass is 280 g/mol. The van der Waals surface area contributed by atoms with Crippen molar-refractivity contribution in [3.63, 3.8) is 0 Å². The first-order chi connectivity index (χ1) is 9.81. The van der Waals surface area contributed by atoms with Gasteiger partial charge in [0.15, 0.2) is 0 Å². The van der Waals surface area contributed by atoms with Crippen molar-refractivity contribution in [2.24, 2.45) is 5.92 Å². The molecule has 2 fully saturated rings. The van der Waals surface area contributed by atoms with E-state index in [2.05, 4.69) is 24.3 Å². The van der Waals surface area contributed by atoms with Crippen LogP contribution >= 0.6 is 0 Å². The van der Waals surface area contributed by atoms with Gasteiger partial charge in [0.2, 0.25) is 0 Å². The molecular weight excluding hydrogens is 244 g/mol. The minimum atomic E-state index is 0.773. The lowest BCUT2D eigenvalue weighted by Gasteiger charge is -2.33. The van der Waals surface area contributed by atoms with E-state index in [9.17, 15) is 0 Å². The predicted octanol–water partition coefficient (Wildman–Crippen LogP) is 4.20. The zero-order chi connectivity index (χ0) is 14.2. The Morgan fingerprint density at radius 2 is 1.55 bits per heavy atom. The van der Waals surface area contributed by atoms with Crippen LogP contribution in [-0.4, -0.2) is 37.6 Å². The van der Waals surface area contributed by atoms with Gasteiger partial charge in [-0.05, 0) is 65.1 Å². The SMILES string of the molecule is CNC(CCCN(C)C1CCCCC1)C1CCCCC1. The molecule has 1 N–H and O–H groups in total. The topological polar surface area (TPSA) is 15.3 Å². The first kappa shape index (κ1) is 16.3. The summed E-state index contributed by atoms with van der Waals surface area (Å²) in [5.74, 6) is 0.953. The van der Waals surface area contributed by atoms with E-state index >= 15 is 0 Å². The Bertz CT molecular complexity index is 242. The zero-order valence-electron chi connectivity index (χ0n) is 13.9. The number of nitrogens with zero attached hydrogens (tertiary/aromatic N) is 1. The second-order valence-electron chi connectivity index (χ2n) is 7.21. The van der Waals surface area contributed by atoms with Gasteiger partial charge in [-0.15, -0.1) is 0 Å². The number of nitrogens with one attached hydrogen (secondary N) is 1. The van der Waals surface area contributed by atoms with Crippen molar-refractivity contribution in [3.05, 3.63) is 0 Å². The van der Waals surface area contributed by atoms with Gasteiger partial charge < -0.3 is 10.2 Å². The van der Waals surface area contributed by atoms with Gasteiger partial charge in [-0.2, -0.15) is 0 Å². The molecule has 0 radical (unpaired) electrons. The summed E-state index contributed by atoms with van der Waals surface area (Å²) in [6.07, 6.45) is 17.3. The van der Waals surface area contributed by atoms with Crippen LogP contribution in [0.1, 0.15) is 77.0 Å². The fourth-order valence-corrected chi connectivity index (χ4v) is 4.42. The third-order valence-electron chi connectivity index (χ3n) is 5.81. The van der Waals surface area contributed by atoms with E-state index in [-0.39, 0.29) is 0 Å². The molecular formula is C18H36N2. The summed E-state index contributed by atoms with van der Waals surface area (Å²) >= 11 is 0. The van der Waals surface area contributed by atoms with Crippen LogP contribution in [-0.2, 0) is 0 Å². The third kappa shape index (κ3) is 5.04. The lowest BCUT2D eigenvalue weighted by atomic mass is 9.82. The predicted molar refractivity (Wildman–Crippen MR) is 88.2 cm³/mol. The highest BCUT2D eigenvalue weighted by Crippen LogP contribution is 2.28. The second kappa shape index (κ2) is 9.04. The first-order valence-corrected chi connectivity index (χ1v) is 9.18. The maximum atomic E-state index is 3.61. The molecule has 0 bridgehead atoms. The average Bonchev–Trinajstić information content (AvgIpc) is 2.53. The molecule has 2 nitrogen and oxygen atoms in total. The number of rotatable bonds is 7. The quantitative estimate of drug-likeness (QED) is 0.752. The summed E-state index contributed by atoms with van der Waals surface area (Å²) < 4.78 is 0. The van der Waals surface area contributed by atoms with Crippen molar-refractivity contribution in [3.8, 4) is 0 Å². The largest absolute Gasteiger partial charge is 0.317 e. The highest BCUT2D eigenvalue weighted by atomic mass is 15.1. The molecule has 2 aliphatic rings. The van der Waals surface area contributed by atoms with E-state index in [1.54, 1.807) is 0 Å². The molecule has 20 heavy (non-hydrogen) atoms. The van der Waals surface area contributed by atoms with E-state index in [1.807, 2.05) is 0 Å². The van der Waals surface area contributed by atoms with Crippen LogP contribution in [0.5, 0.6) is 0 Å². The summed E-state index contributed by atoms with van der Waals surface area (Å²) in [6.45, 7) is 1.30. The molecule has 0 aliphatic heterocycles. The Morgan fingerprint density at radius 3 is 2.15 bits per heavy atom. The Kier molecular flexibility index (Phi) is 7.37. The summed E-state index contributed by atoms with van der Waals surface area (Å²) in [4.78, 5) is 2.65. The van der Waals surface area contributed by atoms with Crippen molar-refractivity contribution in [2.75, 3.05) is 20.6 Å². The molecule has 0 aromatic heterocycles. The molecule has 1 unspecified atom stereocenters. The first-order valence-electron chi connectivity index (χ1n) is 9.18. The summed E-state index contributed by atoms with van der Waals surface area (Å²) in [7, 11) is 4.52. The number of hydrogen-bond donors (Lipinski definition) is 1. The lowest BCUT2D eigenvalue weighted by Crippen LogP contribution is -2.37. The minimum Gasteiger partial charge on any atom is -0.317 e. The molecule has 0 aromatic rings. The van der Waals surface area contributed by atoms with Crippen LogP contribution in [0.2, 0.25) is 0 Å². The zero-order valence-corrected chi connectivity index (χ0v) is 13.9. The van der Waals surface area contributed by atoms with Crippen LogP contribution in [0, 0.1) is 5.92 Å². The molecule has 2 aliphatic carbocycles. The van der Waals surface area contributed by atoms with Gasteiger partial charge in [-0.1, -0.05) is 38.5 Å². The van der Waals surface area contributed by atoms with Crippen molar-refractivity contribution < 1.29 is 0 Å². The molecule has 2 saturated carbocycles. The van der Waals surface area contributed by atoms with Crippen LogP contribution < -0.4 is 5.32 Å². The van der Waals surface area contributed by atoms with Crippen LogP contribution in [0.15, 0.2) is 0 Å². The molecule has 0 aromatic carbocycles. The van der Waals surface area contributed by atoms with Gasteiger partial charge in [-0.3, -0.25) is 0 Å². The van der Waals surface area contributed by atoms with Crippen molar-refractivity contribution in [1.29, 1.82) is 0 Å². The van der Waals surface area contributed by atoms with Gasteiger partial charge in [0, 0.05) is 12.1 Å². The van der Waals surface area contributed by atoms with Crippen LogP contribution in [0.3, 0.4) is 0 Å².